The fourth-order valence-corrected chi connectivity index (χ4v) is 1.69. The Hall–Kier alpha value is -2.43. The zero-order valence-electron chi connectivity index (χ0n) is 10.9. The summed E-state index contributed by atoms with van der Waals surface area (Å²) in [6.45, 7) is 1.60. The Bertz CT molecular complexity index is 616. The molecule has 0 aliphatic rings. The van der Waals surface area contributed by atoms with Crippen molar-refractivity contribution in [3.05, 3.63) is 60.2 Å². The van der Waals surface area contributed by atoms with Gasteiger partial charge in [0.15, 0.2) is 0 Å². The molecule has 1 unspecified atom stereocenters. The minimum Gasteiger partial charge on any atom is -0.372 e. The quantitative estimate of drug-likeness (QED) is 0.898. The molecule has 2 aromatic rings. The third-order valence-electron chi connectivity index (χ3n) is 2.73. The average molecular weight is 276 g/mol. The van der Waals surface area contributed by atoms with Gasteiger partial charge in [0, 0.05) is 5.69 Å². The van der Waals surface area contributed by atoms with Crippen molar-refractivity contribution >= 4 is 17.3 Å². The number of hydrogen-bond donors (Lipinski definition) is 2. The first-order valence-corrected chi connectivity index (χ1v) is 6.14. The predicted octanol–water partition coefficient (Wildman–Crippen LogP) is 3.40. The first-order chi connectivity index (χ1) is 9.56. The van der Waals surface area contributed by atoms with Crippen molar-refractivity contribution in [2.75, 3.05) is 10.6 Å². The maximum atomic E-state index is 13.4. The van der Waals surface area contributed by atoms with Gasteiger partial charge < -0.3 is 10.6 Å². The van der Waals surface area contributed by atoms with Crippen LogP contribution in [0, 0.1) is 11.6 Å². The number of amides is 1. The summed E-state index contributed by atoms with van der Waals surface area (Å²) in [5.74, 6) is -1.24. The smallest absolute Gasteiger partial charge is 0.246 e. The van der Waals surface area contributed by atoms with E-state index in [-0.39, 0.29) is 11.6 Å². The maximum Gasteiger partial charge on any atom is 0.246 e. The molecule has 0 heterocycles. The normalized spacial score (nSPS) is 11.8. The molecule has 2 rings (SSSR count). The molecule has 1 amide bonds. The van der Waals surface area contributed by atoms with Crippen LogP contribution in [-0.4, -0.2) is 11.9 Å². The molecule has 2 N–H and O–H groups in total. The number of para-hydroxylation sites is 1. The molecule has 0 bridgehead atoms. The van der Waals surface area contributed by atoms with E-state index in [1.165, 1.54) is 24.3 Å². The molecule has 0 fully saturated rings. The number of anilines is 2. The van der Waals surface area contributed by atoms with Crippen LogP contribution in [0.5, 0.6) is 0 Å². The van der Waals surface area contributed by atoms with Crippen molar-refractivity contribution in [1.29, 1.82) is 0 Å². The van der Waals surface area contributed by atoms with E-state index >= 15 is 0 Å². The highest BCUT2D eigenvalue weighted by Gasteiger charge is 2.14. The maximum absolute atomic E-state index is 13.4. The molecule has 0 spiro atoms. The van der Waals surface area contributed by atoms with Gasteiger partial charge in [0.25, 0.3) is 0 Å². The summed E-state index contributed by atoms with van der Waals surface area (Å²) in [5, 5.41) is 5.32. The van der Waals surface area contributed by atoms with Gasteiger partial charge in [-0.1, -0.05) is 18.2 Å². The third kappa shape index (κ3) is 3.54. The van der Waals surface area contributed by atoms with Crippen LogP contribution < -0.4 is 10.6 Å². The monoisotopic (exact) mass is 276 g/mol. The Balaban J connectivity index is 2.01. The van der Waals surface area contributed by atoms with E-state index in [0.29, 0.717) is 5.69 Å². The number of nitrogens with one attached hydrogen (secondary N) is 2. The van der Waals surface area contributed by atoms with Gasteiger partial charge in [0.05, 0.1) is 5.69 Å². The number of benzene rings is 2. The zero-order valence-corrected chi connectivity index (χ0v) is 10.9. The van der Waals surface area contributed by atoms with Gasteiger partial charge in [-0.2, -0.15) is 0 Å². The molecular formula is C15H14F2N2O. The molecule has 104 valence electrons. The van der Waals surface area contributed by atoms with Crippen LogP contribution in [0.15, 0.2) is 48.5 Å². The van der Waals surface area contributed by atoms with E-state index < -0.39 is 17.7 Å². The minimum atomic E-state index is -0.657. The Morgan fingerprint density at radius 3 is 2.55 bits per heavy atom. The van der Waals surface area contributed by atoms with Gasteiger partial charge in [-0.05, 0) is 37.3 Å². The molecule has 0 saturated heterocycles. The molecule has 0 saturated carbocycles. The summed E-state index contributed by atoms with van der Waals surface area (Å²) in [6, 6.07) is 11.0. The summed E-state index contributed by atoms with van der Waals surface area (Å²) in [4.78, 5) is 11.9. The van der Waals surface area contributed by atoms with Gasteiger partial charge >= 0.3 is 0 Å². The third-order valence-corrected chi connectivity index (χ3v) is 2.73. The van der Waals surface area contributed by atoms with Crippen molar-refractivity contribution in [3.63, 3.8) is 0 Å². The van der Waals surface area contributed by atoms with Gasteiger partial charge in [-0.25, -0.2) is 8.78 Å². The van der Waals surface area contributed by atoms with Crippen molar-refractivity contribution < 1.29 is 13.6 Å². The molecule has 0 aromatic heterocycles. The second-order valence-electron chi connectivity index (χ2n) is 4.35. The SMILES string of the molecule is CC(Nc1ccccc1F)C(=O)Nc1cccc(F)c1. The Morgan fingerprint density at radius 1 is 1.10 bits per heavy atom. The number of hydrogen-bond acceptors (Lipinski definition) is 2. The summed E-state index contributed by atoms with van der Waals surface area (Å²) in [7, 11) is 0. The highest BCUT2D eigenvalue weighted by atomic mass is 19.1. The van der Waals surface area contributed by atoms with Crippen LogP contribution in [0.2, 0.25) is 0 Å². The Labute approximate surface area is 115 Å². The molecule has 5 heteroatoms. The molecule has 2 aromatic carbocycles. The topological polar surface area (TPSA) is 41.1 Å². The van der Waals surface area contributed by atoms with Crippen molar-refractivity contribution in [3.8, 4) is 0 Å². The first-order valence-electron chi connectivity index (χ1n) is 6.14. The second kappa shape index (κ2) is 6.14. The zero-order chi connectivity index (χ0) is 14.5. The molecule has 1 atom stereocenters. The van der Waals surface area contributed by atoms with Crippen molar-refractivity contribution in [2.45, 2.75) is 13.0 Å². The molecule has 0 aliphatic carbocycles. The number of carbonyl (C=O) groups excluding carboxylic acids is 1. The van der Waals surface area contributed by atoms with Crippen molar-refractivity contribution in [1.82, 2.24) is 0 Å². The highest BCUT2D eigenvalue weighted by molar-refractivity contribution is 5.96. The van der Waals surface area contributed by atoms with E-state index in [0.717, 1.165) is 0 Å². The number of carbonyl (C=O) groups is 1. The molecule has 0 aliphatic heterocycles. The van der Waals surface area contributed by atoms with E-state index in [9.17, 15) is 13.6 Å². The van der Waals surface area contributed by atoms with Crippen molar-refractivity contribution in [2.24, 2.45) is 0 Å². The van der Waals surface area contributed by atoms with Gasteiger partial charge in [0.1, 0.15) is 17.7 Å². The first kappa shape index (κ1) is 14.0. The molecular weight excluding hydrogens is 262 g/mol. The lowest BCUT2D eigenvalue weighted by Gasteiger charge is -2.15. The van der Waals surface area contributed by atoms with Crippen LogP contribution in [-0.2, 0) is 4.79 Å². The average Bonchev–Trinajstić information content (AvgIpc) is 2.41. The van der Waals surface area contributed by atoms with E-state index in [1.54, 1.807) is 31.2 Å². The lowest BCUT2D eigenvalue weighted by Crippen LogP contribution is -2.32. The lowest BCUT2D eigenvalue weighted by atomic mass is 10.2. The largest absolute Gasteiger partial charge is 0.372 e. The fraction of sp³-hybridized carbons (Fsp3) is 0.133. The summed E-state index contributed by atoms with van der Waals surface area (Å²) < 4.78 is 26.5. The number of halogens is 2. The van der Waals surface area contributed by atoms with Crippen LogP contribution in [0.3, 0.4) is 0 Å². The summed E-state index contributed by atoms with van der Waals surface area (Å²) in [5.41, 5.74) is 0.603. The minimum absolute atomic E-state index is 0.245. The molecule has 3 nitrogen and oxygen atoms in total. The van der Waals surface area contributed by atoms with E-state index in [2.05, 4.69) is 10.6 Å². The predicted molar refractivity (Wildman–Crippen MR) is 74.5 cm³/mol. The van der Waals surface area contributed by atoms with Gasteiger partial charge in [0.2, 0.25) is 5.91 Å². The van der Waals surface area contributed by atoms with E-state index in [4.69, 9.17) is 0 Å². The van der Waals surface area contributed by atoms with Crippen LogP contribution in [0.1, 0.15) is 6.92 Å². The summed E-state index contributed by atoms with van der Waals surface area (Å²) in [6.07, 6.45) is 0. The second-order valence-corrected chi connectivity index (χ2v) is 4.35. The van der Waals surface area contributed by atoms with Crippen LogP contribution in [0.4, 0.5) is 20.2 Å². The molecule has 0 radical (unpaired) electrons. The Morgan fingerprint density at radius 2 is 1.85 bits per heavy atom. The van der Waals surface area contributed by atoms with Gasteiger partial charge in [-0.3, -0.25) is 4.79 Å². The van der Waals surface area contributed by atoms with E-state index in [1.807, 2.05) is 0 Å². The Kier molecular flexibility index (Phi) is 4.30. The lowest BCUT2D eigenvalue weighted by molar-refractivity contribution is -0.116. The highest BCUT2D eigenvalue weighted by Crippen LogP contribution is 2.15. The number of rotatable bonds is 4. The molecule has 20 heavy (non-hydrogen) atoms. The van der Waals surface area contributed by atoms with Gasteiger partial charge in [-0.15, -0.1) is 0 Å². The standard InChI is InChI=1S/C15H14F2N2O/c1-10(18-14-8-3-2-7-13(14)17)15(20)19-12-6-4-5-11(16)9-12/h2-10,18H,1H3,(H,19,20). The van der Waals surface area contributed by atoms with Crippen LogP contribution >= 0.6 is 0 Å². The fourth-order valence-electron chi connectivity index (χ4n) is 1.69. The van der Waals surface area contributed by atoms with Crippen LogP contribution in [0.25, 0.3) is 0 Å². The summed E-state index contributed by atoms with van der Waals surface area (Å²) >= 11 is 0.